The molecule has 0 atom stereocenters. The average molecular weight is 533 g/mol. The number of carboxylic acids is 1. The summed E-state index contributed by atoms with van der Waals surface area (Å²) in [5, 5.41) is 9.76. The summed E-state index contributed by atoms with van der Waals surface area (Å²) in [7, 11) is 0. The van der Waals surface area contributed by atoms with Crippen molar-refractivity contribution >= 4 is 11.5 Å². The summed E-state index contributed by atoms with van der Waals surface area (Å²) in [6.07, 6.45) is 3.93. The lowest BCUT2D eigenvalue weighted by Gasteiger charge is -2.41. The molecule has 0 aliphatic carbocycles. The quantitative estimate of drug-likeness (QED) is 0.353. The molecule has 2 aromatic carbocycles. The SMILES string of the molecule is CC/C(CC(=O)O)=C(\C(=C(C)C)c1ccc2c(c1)CCN(Cc1ccc(C)c(F)c1)C2)N1CCC(C)(C)CC1. The van der Waals surface area contributed by atoms with Gasteiger partial charge in [-0.1, -0.05) is 56.7 Å². The second kappa shape index (κ2) is 12.1. The number of carboxylic acid groups (broad SMARTS) is 1. The number of fused-ring (bicyclic) bond motifs is 1. The van der Waals surface area contributed by atoms with Gasteiger partial charge in [0.2, 0.25) is 0 Å². The largest absolute Gasteiger partial charge is 0.481 e. The number of allylic oxidation sites excluding steroid dienone is 2. The number of hydrogen-bond donors (Lipinski definition) is 1. The molecule has 4 nitrogen and oxygen atoms in total. The Labute approximate surface area is 234 Å². The number of halogens is 1. The van der Waals surface area contributed by atoms with E-state index in [0.29, 0.717) is 11.0 Å². The van der Waals surface area contributed by atoms with E-state index in [-0.39, 0.29) is 12.2 Å². The summed E-state index contributed by atoms with van der Waals surface area (Å²) < 4.78 is 14.1. The van der Waals surface area contributed by atoms with Gasteiger partial charge in [-0.2, -0.15) is 0 Å². The van der Waals surface area contributed by atoms with Gasteiger partial charge in [-0.25, -0.2) is 4.39 Å². The van der Waals surface area contributed by atoms with E-state index in [2.05, 4.69) is 62.6 Å². The zero-order valence-electron chi connectivity index (χ0n) is 24.7. The fourth-order valence-corrected chi connectivity index (χ4v) is 6.01. The molecule has 210 valence electrons. The molecule has 2 aromatic rings. The van der Waals surface area contributed by atoms with Gasteiger partial charge in [0.1, 0.15) is 5.82 Å². The Balaban J connectivity index is 1.65. The predicted octanol–water partition coefficient (Wildman–Crippen LogP) is 7.75. The number of carbonyl (C=O) groups is 1. The molecule has 0 unspecified atom stereocenters. The van der Waals surface area contributed by atoms with Gasteiger partial charge in [-0.05, 0) is 91.3 Å². The van der Waals surface area contributed by atoms with E-state index in [4.69, 9.17) is 0 Å². The molecule has 0 aromatic heterocycles. The number of piperidine rings is 1. The van der Waals surface area contributed by atoms with E-state index in [1.165, 1.54) is 27.8 Å². The molecule has 0 spiro atoms. The highest BCUT2D eigenvalue weighted by molar-refractivity contribution is 5.83. The van der Waals surface area contributed by atoms with Crippen LogP contribution in [0.4, 0.5) is 4.39 Å². The van der Waals surface area contributed by atoms with Crippen LogP contribution in [0.5, 0.6) is 0 Å². The molecule has 39 heavy (non-hydrogen) atoms. The minimum absolute atomic E-state index is 0.0714. The highest BCUT2D eigenvalue weighted by Gasteiger charge is 2.30. The van der Waals surface area contributed by atoms with E-state index in [0.717, 1.165) is 75.2 Å². The molecule has 0 bridgehead atoms. The minimum Gasteiger partial charge on any atom is -0.481 e. The summed E-state index contributed by atoms with van der Waals surface area (Å²) in [5.41, 5.74) is 10.4. The van der Waals surface area contributed by atoms with Crippen LogP contribution in [-0.2, 0) is 24.3 Å². The molecule has 0 saturated carbocycles. The van der Waals surface area contributed by atoms with Crippen molar-refractivity contribution in [3.8, 4) is 0 Å². The molecule has 2 aliphatic heterocycles. The summed E-state index contributed by atoms with van der Waals surface area (Å²) in [6.45, 7) is 17.2. The lowest BCUT2D eigenvalue weighted by Crippen LogP contribution is -2.38. The second-order valence-corrected chi connectivity index (χ2v) is 12.4. The Hall–Kier alpha value is -2.92. The first-order chi connectivity index (χ1) is 18.5. The highest BCUT2D eigenvalue weighted by atomic mass is 19.1. The van der Waals surface area contributed by atoms with E-state index >= 15 is 0 Å². The number of aliphatic carboxylic acids is 1. The van der Waals surface area contributed by atoms with Gasteiger partial charge in [0.05, 0.1) is 6.42 Å². The molecule has 2 aliphatic rings. The standard InChI is InChI=1S/C34H45FN2O2/c1-7-26(20-31(38)39)33(37-16-13-34(5,6)14-17-37)32(23(2)3)28-10-11-29-22-36(15-12-27(29)19-28)21-25-9-8-24(4)30(35)18-25/h8-11,18-19H,7,12-17,20-22H2,1-6H3,(H,38,39)/b33-26-. The third-order valence-electron chi connectivity index (χ3n) is 8.52. The molecule has 1 saturated heterocycles. The van der Waals surface area contributed by atoms with Gasteiger partial charge in [0, 0.05) is 44.0 Å². The van der Waals surface area contributed by atoms with Gasteiger partial charge in [-0.3, -0.25) is 9.69 Å². The van der Waals surface area contributed by atoms with Gasteiger partial charge < -0.3 is 10.0 Å². The van der Waals surface area contributed by atoms with Crippen LogP contribution >= 0.6 is 0 Å². The fourth-order valence-electron chi connectivity index (χ4n) is 6.01. The number of hydrogen-bond acceptors (Lipinski definition) is 3. The van der Waals surface area contributed by atoms with Gasteiger partial charge in [0.15, 0.2) is 0 Å². The Bertz CT molecular complexity index is 1280. The summed E-state index contributed by atoms with van der Waals surface area (Å²) in [5.74, 6) is -0.909. The third kappa shape index (κ3) is 7.00. The maximum atomic E-state index is 14.1. The summed E-state index contributed by atoms with van der Waals surface area (Å²) in [4.78, 5) is 16.7. The maximum Gasteiger partial charge on any atom is 0.307 e. The Morgan fingerprint density at radius 1 is 1.03 bits per heavy atom. The molecule has 4 rings (SSSR count). The van der Waals surface area contributed by atoms with Crippen molar-refractivity contribution < 1.29 is 14.3 Å². The zero-order valence-corrected chi connectivity index (χ0v) is 24.7. The first-order valence-corrected chi connectivity index (χ1v) is 14.4. The van der Waals surface area contributed by atoms with Crippen LogP contribution in [0.25, 0.3) is 5.57 Å². The zero-order chi connectivity index (χ0) is 28.3. The van der Waals surface area contributed by atoms with Crippen LogP contribution in [0.2, 0.25) is 0 Å². The van der Waals surface area contributed by atoms with Crippen molar-refractivity contribution in [2.24, 2.45) is 5.41 Å². The van der Waals surface area contributed by atoms with Gasteiger partial charge >= 0.3 is 5.97 Å². The first kappa shape index (κ1) is 29.1. The average Bonchev–Trinajstić information content (AvgIpc) is 2.88. The number of rotatable bonds is 8. The molecular formula is C34H45FN2O2. The van der Waals surface area contributed by atoms with Crippen molar-refractivity contribution in [2.45, 2.75) is 86.7 Å². The van der Waals surface area contributed by atoms with Crippen molar-refractivity contribution in [1.29, 1.82) is 0 Å². The minimum atomic E-state index is -0.770. The van der Waals surface area contributed by atoms with Gasteiger partial charge in [-0.15, -0.1) is 0 Å². The van der Waals surface area contributed by atoms with Crippen molar-refractivity contribution in [2.75, 3.05) is 19.6 Å². The summed E-state index contributed by atoms with van der Waals surface area (Å²) >= 11 is 0. The molecule has 0 radical (unpaired) electrons. The predicted molar refractivity (Wildman–Crippen MR) is 158 cm³/mol. The topological polar surface area (TPSA) is 43.8 Å². The molecule has 5 heteroatoms. The van der Waals surface area contributed by atoms with Crippen LogP contribution in [0.3, 0.4) is 0 Å². The monoisotopic (exact) mass is 532 g/mol. The Morgan fingerprint density at radius 2 is 1.74 bits per heavy atom. The second-order valence-electron chi connectivity index (χ2n) is 12.4. The molecule has 1 fully saturated rings. The number of aryl methyl sites for hydroxylation is 1. The van der Waals surface area contributed by atoms with Gasteiger partial charge in [0.25, 0.3) is 0 Å². The lowest BCUT2D eigenvalue weighted by atomic mass is 9.81. The van der Waals surface area contributed by atoms with Crippen LogP contribution in [0.1, 0.15) is 88.1 Å². The molecule has 2 heterocycles. The number of nitrogens with zero attached hydrogens (tertiary/aromatic N) is 2. The molecular weight excluding hydrogens is 487 g/mol. The molecule has 0 amide bonds. The number of likely N-dealkylation sites (tertiary alicyclic amines) is 1. The third-order valence-corrected chi connectivity index (χ3v) is 8.52. The van der Waals surface area contributed by atoms with Crippen molar-refractivity contribution in [3.05, 3.63) is 86.9 Å². The Kier molecular flexibility index (Phi) is 9.00. The number of benzene rings is 2. The van der Waals surface area contributed by atoms with E-state index < -0.39 is 5.97 Å². The van der Waals surface area contributed by atoms with E-state index in [9.17, 15) is 14.3 Å². The van der Waals surface area contributed by atoms with Crippen molar-refractivity contribution in [1.82, 2.24) is 9.80 Å². The van der Waals surface area contributed by atoms with E-state index in [1.54, 1.807) is 13.0 Å². The van der Waals surface area contributed by atoms with Crippen LogP contribution in [0, 0.1) is 18.2 Å². The maximum absolute atomic E-state index is 14.1. The van der Waals surface area contributed by atoms with E-state index in [1.807, 2.05) is 12.1 Å². The lowest BCUT2D eigenvalue weighted by molar-refractivity contribution is -0.136. The van der Waals surface area contributed by atoms with Crippen LogP contribution in [-0.4, -0.2) is 40.5 Å². The normalized spacial score (nSPS) is 17.9. The van der Waals surface area contributed by atoms with Crippen molar-refractivity contribution in [3.63, 3.8) is 0 Å². The fraction of sp³-hybridized carbons (Fsp3) is 0.500. The molecule has 1 N–H and O–H groups in total. The first-order valence-electron chi connectivity index (χ1n) is 14.4. The highest BCUT2D eigenvalue weighted by Crippen LogP contribution is 2.39. The smallest absolute Gasteiger partial charge is 0.307 e. The summed E-state index contributed by atoms with van der Waals surface area (Å²) in [6, 6.07) is 12.3. The van der Waals surface area contributed by atoms with Crippen LogP contribution in [0.15, 0.2) is 53.2 Å². The Morgan fingerprint density at radius 3 is 2.36 bits per heavy atom. The van der Waals surface area contributed by atoms with Crippen LogP contribution < -0.4 is 0 Å².